The Balaban J connectivity index is 2.26. The molecule has 0 fully saturated rings. The lowest BCUT2D eigenvalue weighted by Gasteiger charge is -2.26. The molecule has 0 aromatic carbocycles. The maximum absolute atomic E-state index is 12.6. The zero-order chi connectivity index (χ0) is 20.0. The van der Waals surface area contributed by atoms with Gasteiger partial charge in [0.05, 0.1) is 29.4 Å². The normalized spacial score (nSPS) is 16.6. The summed E-state index contributed by atoms with van der Waals surface area (Å²) in [6, 6.07) is 3.27. The summed E-state index contributed by atoms with van der Waals surface area (Å²) in [7, 11) is 0. The van der Waals surface area contributed by atoms with Gasteiger partial charge < -0.3 is 14.9 Å². The average Bonchev–Trinajstić information content (AvgIpc) is 2.60. The van der Waals surface area contributed by atoms with E-state index in [9.17, 15) is 25.0 Å². The summed E-state index contributed by atoms with van der Waals surface area (Å²) in [6.07, 6.45) is 3.09. The molecular formula is C16H18N4O7. The zero-order valence-electron chi connectivity index (χ0n) is 14.7. The van der Waals surface area contributed by atoms with E-state index in [0.717, 1.165) is 0 Å². The number of carbonyl (C=O) groups excluding carboxylic acids is 1. The monoisotopic (exact) mass is 378 g/mol. The van der Waals surface area contributed by atoms with Crippen LogP contribution in [0.5, 0.6) is 0 Å². The number of hydrogen-bond acceptors (Lipinski definition) is 9. The van der Waals surface area contributed by atoms with E-state index in [4.69, 9.17) is 4.74 Å². The van der Waals surface area contributed by atoms with Crippen molar-refractivity contribution in [2.24, 2.45) is 0 Å². The predicted molar refractivity (Wildman–Crippen MR) is 91.0 cm³/mol. The first-order chi connectivity index (χ1) is 12.8. The van der Waals surface area contributed by atoms with Crippen molar-refractivity contribution in [1.82, 2.24) is 10.3 Å². The Labute approximate surface area is 153 Å². The third-order valence-corrected chi connectivity index (χ3v) is 3.88. The molecule has 0 saturated heterocycles. The molecule has 1 unspecified atom stereocenters. The van der Waals surface area contributed by atoms with Crippen molar-refractivity contribution < 1.29 is 24.4 Å². The number of allylic oxidation sites excluding steroid dienone is 3. The van der Waals surface area contributed by atoms with Crippen LogP contribution in [0.2, 0.25) is 0 Å². The number of aromatic nitrogens is 1. The number of ether oxygens (including phenoxy) is 1. The maximum atomic E-state index is 12.6. The largest absolute Gasteiger partial charge is 0.462 e. The van der Waals surface area contributed by atoms with Crippen molar-refractivity contribution in [3.05, 3.63) is 73.0 Å². The fourth-order valence-electron chi connectivity index (χ4n) is 2.81. The molecule has 144 valence electrons. The first-order valence-corrected chi connectivity index (χ1v) is 8.00. The zero-order valence-corrected chi connectivity index (χ0v) is 14.7. The molecule has 1 aliphatic heterocycles. The first-order valence-electron chi connectivity index (χ1n) is 8.00. The van der Waals surface area contributed by atoms with E-state index in [2.05, 4.69) is 15.1 Å². The van der Waals surface area contributed by atoms with Crippen molar-refractivity contribution in [3.8, 4) is 0 Å². The molecule has 11 nitrogen and oxygen atoms in total. The van der Waals surface area contributed by atoms with Crippen LogP contribution < -0.4 is 5.32 Å². The van der Waals surface area contributed by atoms with Crippen molar-refractivity contribution >= 4 is 5.97 Å². The van der Waals surface area contributed by atoms with Crippen LogP contribution in [0.1, 0.15) is 31.7 Å². The molecule has 1 aliphatic rings. The van der Waals surface area contributed by atoms with Crippen LogP contribution in [-0.2, 0) is 14.4 Å². The van der Waals surface area contributed by atoms with E-state index in [1.165, 1.54) is 12.4 Å². The topological polar surface area (TPSA) is 147 Å². The Bertz CT molecular complexity index is 804. The van der Waals surface area contributed by atoms with Crippen LogP contribution in [0.3, 0.4) is 0 Å². The minimum Gasteiger partial charge on any atom is -0.462 e. The van der Waals surface area contributed by atoms with Gasteiger partial charge in [-0.2, -0.15) is 0 Å². The number of rotatable bonds is 8. The minimum absolute atomic E-state index is 0.0931. The summed E-state index contributed by atoms with van der Waals surface area (Å²) in [5.74, 6) is -1.70. The summed E-state index contributed by atoms with van der Waals surface area (Å²) in [5, 5.41) is 23.6. The minimum atomic E-state index is -0.947. The number of nitrogens with one attached hydrogen (secondary N) is 1. The van der Waals surface area contributed by atoms with Gasteiger partial charge in [-0.05, 0) is 25.5 Å². The molecule has 2 rings (SSSR count). The lowest BCUT2D eigenvalue weighted by atomic mass is 9.85. The maximum Gasteiger partial charge on any atom is 0.336 e. The highest BCUT2D eigenvalue weighted by Gasteiger charge is 2.40. The quantitative estimate of drug-likeness (QED) is 0.309. The molecule has 0 radical (unpaired) electrons. The van der Waals surface area contributed by atoms with Gasteiger partial charge in [0.25, 0.3) is 10.8 Å². The highest BCUT2D eigenvalue weighted by atomic mass is 16.9. The van der Waals surface area contributed by atoms with Crippen molar-refractivity contribution in [1.29, 1.82) is 0 Å². The second-order valence-electron chi connectivity index (χ2n) is 5.70. The van der Waals surface area contributed by atoms with E-state index >= 15 is 0 Å². The molecular weight excluding hydrogens is 360 g/mol. The number of esters is 1. The fraction of sp³-hybridized carbons (Fsp3) is 0.375. The molecule has 1 atom stereocenters. The van der Waals surface area contributed by atoms with E-state index in [1.54, 1.807) is 26.0 Å². The van der Waals surface area contributed by atoms with Gasteiger partial charge in [0, 0.05) is 24.5 Å². The molecule has 2 heterocycles. The number of nitrogens with zero attached hydrogens (tertiary/aromatic N) is 3. The van der Waals surface area contributed by atoms with E-state index in [1.807, 2.05) is 0 Å². The molecule has 11 heteroatoms. The van der Waals surface area contributed by atoms with Crippen LogP contribution in [0.15, 0.2) is 47.2 Å². The molecule has 0 saturated carbocycles. The van der Waals surface area contributed by atoms with E-state index in [-0.39, 0.29) is 30.9 Å². The predicted octanol–water partition coefficient (Wildman–Crippen LogP) is 1.69. The number of pyridine rings is 1. The van der Waals surface area contributed by atoms with Gasteiger partial charge in [-0.1, -0.05) is 6.07 Å². The fourth-order valence-corrected chi connectivity index (χ4v) is 2.81. The third kappa shape index (κ3) is 4.77. The van der Waals surface area contributed by atoms with Gasteiger partial charge in [0.2, 0.25) is 0 Å². The van der Waals surface area contributed by atoms with Gasteiger partial charge in [0.1, 0.15) is 5.92 Å². The SMILES string of the molecule is CC1=C(C(=O)OCCCO[N+](=O)[O-])C(c2cccnc2)C([N+](=O)[O-])=C(C)N1. The molecule has 0 amide bonds. The molecule has 1 aromatic rings. The van der Waals surface area contributed by atoms with Gasteiger partial charge in [-0.3, -0.25) is 15.1 Å². The van der Waals surface area contributed by atoms with Crippen LogP contribution in [0, 0.1) is 20.2 Å². The Hall–Kier alpha value is -3.50. The van der Waals surface area contributed by atoms with Crippen molar-refractivity contribution in [2.75, 3.05) is 13.2 Å². The summed E-state index contributed by atoms with van der Waals surface area (Å²) < 4.78 is 5.14. The number of hydrogen-bond donors (Lipinski definition) is 1. The molecule has 0 spiro atoms. The average molecular weight is 378 g/mol. The summed E-state index contributed by atoms with van der Waals surface area (Å²) in [5.41, 5.74) is 1.15. The van der Waals surface area contributed by atoms with Gasteiger partial charge in [-0.15, -0.1) is 10.1 Å². The molecule has 1 N–H and O–H groups in total. The lowest BCUT2D eigenvalue weighted by Crippen LogP contribution is -2.31. The highest BCUT2D eigenvalue weighted by Crippen LogP contribution is 2.38. The van der Waals surface area contributed by atoms with E-state index in [0.29, 0.717) is 17.0 Å². The van der Waals surface area contributed by atoms with Crippen molar-refractivity contribution in [3.63, 3.8) is 0 Å². The van der Waals surface area contributed by atoms with Crippen molar-refractivity contribution in [2.45, 2.75) is 26.2 Å². The van der Waals surface area contributed by atoms with Gasteiger partial charge >= 0.3 is 5.97 Å². The molecule has 0 bridgehead atoms. The van der Waals surface area contributed by atoms with Gasteiger partial charge in [0.15, 0.2) is 0 Å². The Morgan fingerprint density at radius 1 is 1.26 bits per heavy atom. The Morgan fingerprint density at radius 3 is 2.59 bits per heavy atom. The van der Waals surface area contributed by atoms with Crippen LogP contribution >= 0.6 is 0 Å². The number of dihydropyridines is 1. The Morgan fingerprint density at radius 2 is 2.00 bits per heavy atom. The molecule has 0 aliphatic carbocycles. The first kappa shape index (κ1) is 19.8. The third-order valence-electron chi connectivity index (χ3n) is 3.88. The van der Waals surface area contributed by atoms with Gasteiger partial charge in [-0.25, -0.2) is 4.79 Å². The second-order valence-corrected chi connectivity index (χ2v) is 5.70. The number of carbonyl (C=O) groups is 1. The molecule has 27 heavy (non-hydrogen) atoms. The van der Waals surface area contributed by atoms with E-state index < -0.39 is 21.9 Å². The molecule has 1 aromatic heterocycles. The van der Waals surface area contributed by atoms with Crippen LogP contribution in [0.4, 0.5) is 0 Å². The Kier molecular flexibility index (Phi) is 6.41. The summed E-state index contributed by atoms with van der Waals surface area (Å²) >= 11 is 0. The summed E-state index contributed by atoms with van der Waals surface area (Å²) in [6.45, 7) is 2.83. The summed E-state index contributed by atoms with van der Waals surface area (Å²) in [4.78, 5) is 41.9. The standard InChI is InChI=1S/C16H18N4O7/c1-10-13(16(21)26-7-4-8-27-20(24)25)14(12-5-3-6-17-9-12)15(19(22)23)11(2)18-10/h3,5-6,9,14,18H,4,7-8H2,1-2H3. The second kappa shape index (κ2) is 8.74. The number of nitro groups is 1. The van der Waals surface area contributed by atoms with Crippen LogP contribution in [-0.4, -0.2) is 34.2 Å². The smallest absolute Gasteiger partial charge is 0.336 e. The van der Waals surface area contributed by atoms with Crippen LogP contribution in [0.25, 0.3) is 0 Å². The lowest BCUT2D eigenvalue weighted by molar-refractivity contribution is -0.757. The highest BCUT2D eigenvalue weighted by molar-refractivity contribution is 5.92.